The summed E-state index contributed by atoms with van der Waals surface area (Å²) < 4.78 is 0. The van der Waals surface area contributed by atoms with Crippen molar-refractivity contribution in [3.05, 3.63) is 11.8 Å². The predicted octanol–water partition coefficient (Wildman–Crippen LogP) is 3.67. The van der Waals surface area contributed by atoms with Crippen molar-refractivity contribution in [2.75, 3.05) is 6.54 Å². The van der Waals surface area contributed by atoms with Gasteiger partial charge in [-0.1, -0.05) is 26.2 Å². The Bertz CT molecular complexity index is 321. The molecule has 0 saturated carbocycles. The highest BCUT2D eigenvalue weighted by Crippen LogP contribution is 2.39. The van der Waals surface area contributed by atoms with Crippen molar-refractivity contribution in [2.24, 2.45) is 0 Å². The molecule has 0 aromatic carbocycles. The molecule has 0 spiro atoms. The standard InChI is InChI=1S/C15H25NO/c1-3-4-5-6-8-13-11-14(17)12-15(2)9-7-10-16(13)15/h11H,3-10,12H2,1-2H3/t15-/m1/s1. The molecule has 0 aromatic rings. The molecule has 0 bridgehead atoms. The first-order valence-electron chi connectivity index (χ1n) is 7.17. The summed E-state index contributed by atoms with van der Waals surface area (Å²) in [5, 5.41) is 0. The highest BCUT2D eigenvalue weighted by molar-refractivity contribution is 5.92. The van der Waals surface area contributed by atoms with Crippen molar-refractivity contribution in [3.8, 4) is 0 Å². The molecule has 2 aliphatic rings. The van der Waals surface area contributed by atoms with E-state index in [0.29, 0.717) is 5.78 Å². The summed E-state index contributed by atoms with van der Waals surface area (Å²) in [7, 11) is 0. The van der Waals surface area contributed by atoms with E-state index in [2.05, 4.69) is 18.7 Å². The zero-order chi connectivity index (χ0) is 12.3. The minimum Gasteiger partial charge on any atom is -0.369 e. The maximum absolute atomic E-state index is 11.8. The molecule has 0 aliphatic carbocycles. The highest BCUT2D eigenvalue weighted by Gasteiger charge is 2.41. The zero-order valence-corrected chi connectivity index (χ0v) is 11.3. The molecule has 96 valence electrons. The van der Waals surface area contributed by atoms with Gasteiger partial charge in [-0.2, -0.15) is 0 Å². The third-order valence-electron chi connectivity index (χ3n) is 4.26. The number of carbonyl (C=O) groups excluding carboxylic acids is 1. The van der Waals surface area contributed by atoms with E-state index in [0.717, 1.165) is 19.4 Å². The quantitative estimate of drug-likeness (QED) is 0.678. The molecule has 2 rings (SSSR count). The van der Waals surface area contributed by atoms with Crippen LogP contribution in [-0.4, -0.2) is 22.8 Å². The Labute approximate surface area is 105 Å². The van der Waals surface area contributed by atoms with E-state index in [1.807, 2.05) is 6.08 Å². The lowest BCUT2D eigenvalue weighted by Crippen LogP contribution is -2.45. The molecule has 0 radical (unpaired) electrons. The number of ketones is 1. The van der Waals surface area contributed by atoms with E-state index in [1.165, 1.54) is 44.2 Å². The van der Waals surface area contributed by atoms with Crippen molar-refractivity contribution >= 4 is 5.78 Å². The van der Waals surface area contributed by atoms with E-state index < -0.39 is 0 Å². The van der Waals surface area contributed by atoms with Gasteiger partial charge in [0.15, 0.2) is 5.78 Å². The second-order valence-corrected chi connectivity index (χ2v) is 5.84. The van der Waals surface area contributed by atoms with Crippen LogP contribution in [0, 0.1) is 0 Å². The monoisotopic (exact) mass is 235 g/mol. The Hall–Kier alpha value is -0.790. The molecule has 0 unspecified atom stereocenters. The lowest BCUT2D eigenvalue weighted by molar-refractivity contribution is -0.117. The lowest BCUT2D eigenvalue weighted by Gasteiger charge is -2.41. The smallest absolute Gasteiger partial charge is 0.159 e. The van der Waals surface area contributed by atoms with Gasteiger partial charge in [0.2, 0.25) is 0 Å². The summed E-state index contributed by atoms with van der Waals surface area (Å²) in [6.07, 6.45) is 11.3. The average Bonchev–Trinajstić information content (AvgIpc) is 2.65. The first-order valence-corrected chi connectivity index (χ1v) is 7.17. The molecule has 1 atom stereocenters. The number of carbonyl (C=O) groups is 1. The fourth-order valence-electron chi connectivity index (χ4n) is 3.33. The highest BCUT2D eigenvalue weighted by atomic mass is 16.1. The third-order valence-corrected chi connectivity index (χ3v) is 4.26. The fourth-order valence-corrected chi connectivity index (χ4v) is 3.33. The summed E-state index contributed by atoms with van der Waals surface area (Å²) in [4.78, 5) is 14.3. The maximum atomic E-state index is 11.8. The number of rotatable bonds is 5. The molecule has 17 heavy (non-hydrogen) atoms. The Balaban J connectivity index is 1.97. The first kappa shape index (κ1) is 12.7. The summed E-state index contributed by atoms with van der Waals surface area (Å²) >= 11 is 0. The first-order chi connectivity index (χ1) is 8.15. The second-order valence-electron chi connectivity index (χ2n) is 5.84. The van der Waals surface area contributed by atoms with Gasteiger partial charge in [-0.25, -0.2) is 0 Å². The van der Waals surface area contributed by atoms with Gasteiger partial charge in [0, 0.05) is 30.3 Å². The van der Waals surface area contributed by atoms with Gasteiger partial charge >= 0.3 is 0 Å². The van der Waals surface area contributed by atoms with Crippen molar-refractivity contribution in [1.29, 1.82) is 0 Å². The number of nitrogens with zero attached hydrogens (tertiary/aromatic N) is 1. The summed E-state index contributed by atoms with van der Waals surface area (Å²) in [6.45, 7) is 5.65. The minimum absolute atomic E-state index is 0.145. The number of unbranched alkanes of at least 4 members (excludes halogenated alkanes) is 3. The van der Waals surface area contributed by atoms with Crippen molar-refractivity contribution in [3.63, 3.8) is 0 Å². The molecular formula is C15H25NO. The van der Waals surface area contributed by atoms with Gasteiger partial charge in [-0.05, 0) is 32.6 Å². The van der Waals surface area contributed by atoms with Crippen molar-refractivity contribution in [1.82, 2.24) is 4.90 Å². The van der Waals surface area contributed by atoms with E-state index in [4.69, 9.17) is 0 Å². The van der Waals surface area contributed by atoms with Gasteiger partial charge < -0.3 is 4.90 Å². The van der Waals surface area contributed by atoms with Crippen LogP contribution in [0.1, 0.15) is 65.2 Å². The number of fused-ring (bicyclic) bond motifs is 1. The third kappa shape index (κ3) is 2.72. The molecule has 2 heteroatoms. The van der Waals surface area contributed by atoms with Crippen LogP contribution < -0.4 is 0 Å². The minimum atomic E-state index is 0.145. The van der Waals surface area contributed by atoms with Crippen LogP contribution in [-0.2, 0) is 4.79 Å². The largest absolute Gasteiger partial charge is 0.369 e. The molecule has 1 fully saturated rings. The molecule has 1 saturated heterocycles. The van der Waals surface area contributed by atoms with Gasteiger partial charge in [0.1, 0.15) is 0 Å². The van der Waals surface area contributed by atoms with E-state index >= 15 is 0 Å². The molecule has 2 heterocycles. The zero-order valence-electron chi connectivity index (χ0n) is 11.3. The summed E-state index contributed by atoms with van der Waals surface area (Å²) in [5.74, 6) is 0.344. The van der Waals surface area contributed by atoms with Crippen LogP contribution >= 0.6 is 0 Å². The molecular weight excluding hydrogens is 210 g/mol. The van der Waals surface area contributed by atoms with Crippen LogP contribution in [0.2, 0.25) is 0 Å². The van der Waals surface area contributed by atoms with E-state index in [1.54, 1.807) is 0 Å². The van der Waals surface area contributed by atoms with E-state index in [9.17, 15) is 4.79 Å². The molecule has 0 amide bonds. The average molecular weight is 235 g/mol. The fraction of sp³-hybridized carbons (Fsp3) is 0.800. The van der Waals surface area contributed by atoms with Crippen LogP contribution in [0.4, 0.5) is 0 Å². The van der Waals surface area contributed by atoms with Crippen molar-refractivity contribution in [2.45, 2.75) is 70.8 Å². The Morgan fingerprint density at radius 1 is 1.35 bits per heavy atom. The van der Waals surface area contributed by atoms with E-state index in [-0.39, 0.29) is 5.54 Å². The van der Waals surface area contributed by atoms with Gasteiger partial charge in [0.05, 0.1) is 0 Å². The van der Waals surface area contributed by atoms with Crippen LogP contribution in [0.25, 0.3) is 0 Å². The van der Waals surface area contributed by atoms with Gasteiger partial charge in [-0.15, -0.1) is 0 Å². The topological polar surface area (TPSA) is 20.3 Å². The molecule has 2 aliphatic heterocycles. The Kier molecular flexibility index (Phi) is 3.90. The number of hydrogen-bond donors (Lipinski definition) is 0. The van der Waals surface area contributed by atoms with Crippen LogP contribution in [0.5, 0.6) is 0 Å². The SMILES string of the molecule is CCCCCCC1=CC(=O)C[C@@]2(C)CCCN12. The maximum Gasteiger partial charge on any atom is 0.159 e. The number of hydrogen-bond acceptors (Lipinski definition) is 2. The molecule has 2 nitrogen and oxygen atoms in total. The normalized spacial score (nSPS) is 28.2. The second kappa shape index (κ2) is 5.24. The predicted molar refractivity (Wildman–Crippen MR) is 70.8 cm³/mol. The van der Waals surface area contributed by atoms with Crippen LogP contribution in [0.3, 0.4) is 0 Å². The number of allylic oxidation sites excluding steroid dienone is 2. The molecule has 0 aromatic heterocycles. The van der Waals surface area contributed by atoms with Gasteiger partial charge in [-0.3, -0.25) is 4.79 Å². The molecule has 0 N–H and O–H groups in total. The lowest BCUT2D eigenvalue weighted by atomic mass is 9.87. The Morgan fingerprint density at radius 2 is 2.18 bits per heavy atom. The Morgan fingerprint density at radius 3 is 2.94 bits per heavy atom. The van der Waals surface area contributed by atoms with Crippen molar-refractivity contribution < 1.29 is 4.79 Å². The van der Waals surface area contributed by atoms with Gasteiger partial charge in [0.25, 0.3) is 0 Å². The van der Waals surface area contributed by atoms with Crippen LogP contribution in [0.15, 0.2) is 11.8 Å². The summed E-state index contributed by atoms with van der Waals surface area (Å²) in [6, 6.07) is 0. The summed E-state index contributed by atoms with van der Waals surface area (Å²) in [5.41, 5.74) is 1.46.